The van der Waals surface area contributed by atoms with Crippen LogP contribution in [0.5, 0.6) is 0 Å². The maximum Gasteiger partial charge on any atom is 0.411 e. The van der Waals surface area contributed by atoms with E-state index in [2.05, 4.69) is 5.10 Å². The Bertz CT molecular complexity index is 682. The number of para-hydroxylation sites is 2. The Balaban J connectivity index is 2.14. The predicted octanol–water partition coefficient (Wildman–Crippen LogP) is -0.433. The Kier molecular flexibility index (Phi) is 4.26. The van der Waals surface area contributed by atoms with Gasteiger partial charge in [-0.1, -0.05) is 12.1 Å². The third kappa shape index (κ3) is 3.09. The Morgan fingerprint density at radius 1 is 1.40 bits per heavy atom. The quantitative estimate of drug-likeness (QED) is 0.319. The molecule has 0 saturated heterocycles. The summed E-state index contributed by atoms with van der Waals surface area (Å²) in [4.78, 5) is 22.5. The monoisotopic (exact) mass is 279 g/mol. The van der Waals surface area contributed by atoms with Gasteiger partial charge in [0.2, 0.25) is 0 Å². The molecule has 0 bridgehead atoms. The molecule has 0 fully saturated rings. The molecule has 0 aliphatic carbocycles. The lowest BCUT2D eigenvalue weighted by Gasteiger charge is -2.09. The highest BCUT2D eigenvalue weighted by Gasteiger charge is 2.12. The van der Waals surface area contributed by atoms with Crippen molar-refractivity contribution in [2.24, 2.45) is 0 Å². The first-order valence-corrected chi connectivity index (χ1v) is 5.90. The smallest absolute Gasteiger partial charge is 0.411 e. The SMILES string of the molecule is CC(=O)OCCOCn1c(=O)n[n+]([O-])c2ccccc21. The molecule has 1 heterocycles. The Labute approximate surface area is 113 Å². The topological polar surface area (TPSA) is 97.4 Å². The van der Waals surface area contributed by atoms with Gasteiger partial charge in [0.15, 0.2) is 0 Å². The van der Waals surface area contributed by atoms with Crippen molar-refractivity contribution in [3.63, 3.8) is 0 Å². The molecule has 106 valence electrons. The van der Waals surface area contributed by atoms with Crippen LogP contribution in [-0.4, -0.2) is 28.8 Å². The van der Waals surface area contributed by atoms with Crippen molar-refractivity contribution in [1.29, 1.82) is 0 Å². The fraction of sp³-hybridized carbons (Fsp3) is 0.333. The van der Waals surface area contributed by atoms with E-state index in [9.17, 15) is 14.8 Å². The number of aromatic nitrogens is 3. The van der Waals surface area contributed by atoms with Gasteiger partial charge in [-0.15, -0.1) is 0 Å². The lowest BCUT2D eigenvalue weighted by Crippen LogP contribution is -2.43. The van der Waals surface area contributed by atoms with Crippen LogP contribution in [0.15, 0.2) is 29.1 Å². The molecule has 0 spiro atoms. The summed E-state index contributed by atoms with van der Waals surface area (Å²) in [6.45, 7) is 1.47. The van der Waals surface area contributed by atoms with E-state index in [1.54, 1.807) is 24.3 Å². The van der Waals surface area contributed by atoms with Crippen molar-refractivity contribution >= 4 is 17.0 Å². The third-order valence-corrected chi connectivity index (χ3v) is 2.54. The van der Waals surface area contributed by atoms with Crippen LogP contribution >= 0.6 is 0 Å². The molecular formula is C12H13N3O5. The highest BCUT2D eigenvalue weighted by Crippen LogP contribution is 2.06. The largest absolute Gasteiger partial charge is 0.594 e. The van der Waals surface area contributed by atoms with Crippen molar-refractivity contribution in [2.75, 3.05) is 13.2 Å². The summed E-state index contributed by atoms with van der Waals surface area (Å²) in [6.07, 6.45) is 0. The maximum atomic E-state index is 11.7. The molecule has 0 unspecified atom stereocenters. The average Bonchev–Trinajstić information content (AvgIpc) is 2.41. The minimum atomic E-state index is -0.703. The number of hydrogen-bond donors (Lipinski definition) is 0. The van der Waals surface area contributed by atoms with E-state index in [-0.39, 0.29) is 30.3 Å². The molecule has 1 aromatic carbocycles. The second-order valence-electron chi connectivity index (χ2n) is 3.95. The number of esters is 1. The summed E-state index contributed by atoms with van der Waals surface area (Å²) in [5.74, 6) is -0.398. The van der Waals surface area contributed by atoms with Gasteiger partial charge >= 0.3 is 11.7 Å². The van der Waals surface area contributed by atoms with Crippen LogP contribution in [0.3, 0.4) is 0 Å². The molecule has 2 aromatic rings. The van der Waals surface area contributed by atoms with Crippen LogP contribution in [-0.2, 0) is 21.0 Å². The third-order valence-electron chi connectivity index (χ3n) is 2.54. The van der Waals surface area contributed by atoms with Crippen LogP contribution in [0.4, 0.5) is 0 Å². The molecule has 20 heavy (non-hydrogen) atoms. The molecule has 0 aliphatic rings. The summed E-state index contributed by atoms with van der Waals surface area (Å²) < 4.78 is 11.2. The fourth-order valence-corrected chi connectivity index (χ4v) is 1.67. The molecule has 0 N–H and O–H groups in total. The number of rotatable bonds is 5. The summed E-state index contributed by atoms with van der Waals surface area (Å²) in [7, 11) is 0. The molecule has 0 radical (unpaired) electrons. The number of benzene rings is 1. The van der Waals surface area contributed by atoms with Gasteiger partial charge in [-0.25, -0.2) is 4.79 Å². The summed E-state index contributed by atoms with van der Waals surface area (Å²) >= 11 is 0. The van der Waals surface area contributed by atoms with Crippen molar-refractivity contribution < 1.29 is 19.1 Å². The lowest BCUT2D eigenvalue weighted by atomic mass is 10.3. The van der Waals surface area contributed by atoms with E-state index in [1.807, 2.05) is 0 Å². The molecule has 1 aromatic heterocycles. The van der Waals surface area contributed by atoms with E-state index in [0.29, 0.717) is 5.52 Å². The summed E-state index contributed by atoms with van der Waals surface area (Å²) in [5.41, 5.74) is -0.00291. The number of carbonyl (C=O) groups is 1. The molecule has 0 amide bonds. The summed E-state index contributed by atoms with van der Waals surface area (Å²) in [5, 5.41) is 14.8. The number of carbonyl (C=O) groups excluding carboxylic acids is 1. The standard InChI is InChI=1S/C12H13N3O5/c1-9(16)20-7-6-19-8-14-10-4-2-3-5-11(10)15(18)13-12(14)17/h2-5H,6-8H2,1H3. The van der Waals surface area contributed by atoms with Crippen LogP contribution in [0.2, 0.25) is 0 Å². The zero-order chi connectivity index (χ0) is 14.5. The minimum Gasteiger partial charge on any atom is -0.594 e. The predicted molar refractivity (Wildman–Crippen MR) is 67.5 cm³/mol. The Hall–Kier alpha value is -2.48. The number of hydrogen-bond acceptors (Lipinski definition) is 6. The second kappa shape index (κ2) is 6.11. The molecular weight excluding hydrogens is 266 g/mol. The van der Waals surface area contributed by atoms with Crippen molar-refractivity contribution in [3.8, 4) is 0 Å². The Morgan fingerprint density at radius 3 is 2.90 bits per heavy atom. The van der Waals surface area contributed by atoms with Gasteiger partial charge in [-0.3, -0.25) is 9.36 Å². The van der Waals surface area contributed by atoms with E-state index in [4.69, 9.17) is 9.47 Å². The van der Waals surface area contributed by atoms with Crippen LogP contribution in [0.1, 0.15) is 6.92 Å². The molecule has 0 aliphatic heterocycles. The van der Waals surface area contributed by atoms with Gasteiger partial charge in [-0.2, -0.15) is 0 Å². The van der Waals surface area contributed by atoms with E-state index in [1.165, 1.54) is 11.5 Å². The van der Waals surface area contributed by atoms with Gasteiger partial charge < -0.3 is 14.7 Å². The van der Waals surface area contributed by atoms with Crippen molar-refractivity contribution in [2.45, 2.75) is 13.7 Å². The minimum absolute atomic E-state index is 0.0749. The van der Waals surface area contributed by atoms with E-state index >= 15 is 0 Å². The normalized spacial score (nSPS) is 10.7. The van der Waals surface area contributed by atoms with Gasteiger partial charge in [0.05, 0.1) is 11.7 Å². The van der Waals surface area contributed by atoms with Crippen LogP contribution in [0, 0.1) is 5.21 Å². The van der Waals surface area contributed by atoms with Crippen molar-refractivity contribution in [1.82, 2.24) is 9.67 Å². The van der Waals surface area contributed by atoms with Gasteiger partial charge in [0, 0.05) is 13.0 Å². The van der Waals surface area contributed by atoms with Gasteiger partial charge in [-0.05, 0) is 10.9 Å². The molecule has 0 saturated carbocycles. The molecule has 8 heteroatoms. The number of nitrogens with zero attached hydrogens (tertiary/aromatic N) is 3. The number of ether oxygens (including phenoxy) is 2. The Morgan fingerprint density at radius 2 is 2.15 bits per heavy atom. The molecule has 2 rings (SSSR count). The molecule has 8 nitrogen and oxygen atoms in total. The lowest BCUT2D eigenvalue weighted by molar-refractivity contribution is -0.645. The number of fused-ring (bicyclic) bond motifs is 1. The van der Waals surface area contributed by atoms with Crippen LogP contribution in [0.25, 0.3) is 11.0 Å². The zero-order valence-corrected chi connectivity index (χ0v) is 10.8. The summed E-state index contributed by atoms with van der Waals surface area (Å²) in [6, 6.07) is 6.57. The first kappa shape index (κ1) is 13.9. The van der Waals surface area contributed by atoms with Gasteiger partial charge in [0.1, 0.15) is 18.9 Å². The van der Waals surface area contributed by atoms with Crippen LogP contribution < -0.4 is 10.5 Å². The first-order valence-electron chi connectivity index (χ1n) is 5.90. The molecule has 0 atom stereocenters. The second-order valence-corrected chi connectivity index (χ2v) is 3.95. The van der Waals surface area contributed by atoms with E-state index in [0.717, 1.165) is 0 Å². The fourth-order valence-electron chi connectivity index (χ4n) is 1.67. The highest BCUT2D eigenvalue weighted by atomic mass is 16.6. The van der Waals surface area contributed by atoms with E-state index < -0.39 is 11.7 Å². The maximum absolute atomic E-state index is 11.7. The average molecular weight is 279 g/mol. The van der Waals surface area contributed by atoms with Crippen molar-refractivity contribution in [3.05, 3.63) is 40.0 Å². The zero-order valence-electron chi connectivity index (χ0n) is 10.8. The highest BCUT2D eigenvalue weighted by molar-refractivity contribution is 5.70. The van der Waals surface area contributed by atoms with Gasteiger partial charge in [0.25, 0.3) is 5.52 Å². The first-order chi connectivity index (χ1) is 9.59.